The van der Waals surface area contributed by atoms with Gasteiger partial charge in [0.15, 0.2) is 0 Å². The molecule has 190 valence electrons. The van der Waals surface area contributed by atoms with Crippen molar-refractivity contribution in [3.8, 4) is 0 Å². The highest BCUT2D eigenvalue weighted by Crippen LogP contribution is 2.37. The SMILES string of the molecule is Cc1ccc2c(c1)CCCN2c1nc(NCc2ccccc2Sc2ccccc2CO)nc2ccccc12. The number of hydrogen-bond donors (Lipinski definition) is 2. The highest BCUT2D eigenvalue weighted by molar-refractivity contribution is 7.99. The first-order chi connectivity index (χ1) is 18.7. The minimum atomic E-state index is 0.0243. The van der Waals surface area contributed by atoms with Crippen LogP contribution in [-0.2, 0) is 19.6 Å². The summed E-state index contributed by atoms with van der Waals surface area (Å²) in [4.78, 5) is 14.5. The zero-order valence-corrected chi connectivity index (χ0v) is 22.2. The molecule has 4 aromatic carbocycles. The van der Waals surface area contributed by atoms with Crippen molar-refractivity contribution in [1.82, 2.24) is 9.97 Å². The van der Waals surface area contributed by atoms with Crippen molar-refractivity contribution in [2.75, 3.05) is 16.8 Å². The Kier molecular flexibility index (Phi) is 6.99. The number of aliphatic hydroxyl groups excluding tert-OH is 1. The predicted molar refractivity (Wildman–Crippen MR) is 156 cm³/mol. The number of para-hydroxylation sites is 1. The molecule has 5 nitrogen and oxygen atoms in total. The van der Waals surface area contributed by atoms with Crippen LogP contribution in [0, 0.1) is 6.92 Å². The summed E-state index contributed by atoms with van der Waals surface area (Å²) in [5.74, 6) is 1.57. The van der Waals surface area contributed by atoms with E-state index in [1.165, 1.54) is 16.8 Å². The molecule has 2 N–H and O–H groups in total. The van der Waals surface area contributed by atoms with Gasteiger partial charge in [-0.1, -0.05) is 78.0 Å². The molecule has 0 fully saturated rings. The summed E-state index contributed by atoms with van der Waals surface area (Å²) in [7, 11) is 0. The van der Waals surface area contributed by atoms with Crippen LogP contribution in [0.2, 0.25) is 0 Å². The summed E-state index contributed by atoms with van der Waals surface area (Å²) >= 11 is 1.67. The van der Waals surface area contributed by atoms with E-state index in [1.54, 1.807) is 11.8 Å². The van der Waals surface area contributed by atoms with Gasteiger partial charge in [-0.3, -0.25) is 0 Å². The lowest BCUT2D eigenvalue weighted by atomic mass is 9.99. The molecule has 1 aromatic heterocycles. The van der Waals surface area contributed by atoms with Crippen molar-refractivity contribution in [3.63, 3.8) is 0 Å². The summed E-state index contributed by atoms with van der Waals surface area (Å²) in [5.41, 5.74) is 6.92. The van der Waals surface area contributed by atoms with E-state index in [9.17, 15) is 5.11 Å². The normalized spacial score (nSPS) is 12.9. The molecule has 38 heavy (non-hydrogen) atoms. The van der Waals surface area contributed by atoms with Gasteiger partial charge in [0.05, 0.1) is 12.1 Å². The molecule has 0 radical (unpaired) electrons. The van der Waals surface area contributed by atoms with Gasteiger partial charge in [-0.15, -0.1) is 0 Å². The second-order valence-corrected chi connectivity index (χ2v) is 10.7. The van der Waals surface area contributed by atoms with E-state index in [0.29, 0.717) is 12.5 Å². The van der Waals surface area contributed by atoms with Crippen LogP contribution < -0.4 is 10.2 Å². The molecule has 0 unspecified atom stereocenters. The second-order valence-electron chi connectivity index (χ2n) is 9.60. The van der Waals surface area contributed by atoms with E-state index >= 15 is 0 Å². The molecule has 2 heterocycles. The van der Waals surface area contributed by atoms with Crippen LogP contribution in [0.5, 0.6) is 0 Å². The van der Waals surface area contributed by atoms with Gasteiger partial charge in [0.2, 0.25) is 5.95 Å². The number of aromatic nitrogens is 2. The maximum absolute atomic E-state index is 9.77. The van der Waals surface area contributed by atoms with Gasteiger partial charge < -0.3 is 15.3 Å². The Morgan fingerprint density at radius 3 is 2.45 bits per heavy atom. The van der Waals surface area contributed by atoms with Crippen LogP contribution in [0.25, 0.3) is 10.9 Å². The largest absolute Gasteiger partial charge is 0.392 e. The first kappa shape index (κ1) is 24.5. The Labute approximate surface area is 227 Å². The number of rotatable bonds is 7. The number of anilines is 3. The van der Waals surface area contributed by atoms with Crippen molar-refractivity contribution in [2.45, 2.75) is 42.7 Å². The van der Waals surface area contributed by atoms with Crippen LogP contribution in [0.4, 0.5) is 17.5 Å². The highest BCUT2D eigenvalue weighted by atomic mass is 32.2. The third kappa shape index (κ3) is 4.97. The summed E-state index contributed by atoms with van der Waals surface area (Å²) < 4.78 is 0. The molecule has 5 aromatic rings. The van der Waals surface area contributed by atoms with Crippen LogP contribution in [0.1, 0.15) is 28.7 Å². The van der Waals surface area contributed by atoms with Crippen LogP contribution in [0.3, 0.4) is 0 Å². The van der Waals surface area contributed by atoms with Gasteiger partial charge in [-0.25, -0.2) is 4.98 Å². The van der Waals surface area contributed by atoms with Crippen molar-refractivity contribution in [2.24, 2.45) is 0 Å². The van der Waals surface area contributed by atoms with Gasteiger partial charge >= 0.3 is 0 Å². The molecule has 0 aliphatic carbocycles. The summed E-state index contributed by atoms with van der Waals surface area (Å²) in [6.45, 7) is 3.70. The molecule has 0 bridgehead atoms. The van der Waals surface area contributed by atoms with Gasteiger partial charge in [0, 0.05) is 34.0 Å². The average Bonchev–Trinajstić information content (AvgIpc) is 2.96. The van der Waals surface area contributed by atoms with E-state index in [4.69, 9.17) is 9.97 Å². The Bertz CT molecular complexity index is 1600. The second kappa shape index (κ2) is 10.9. The Morgan fingerprint density at radius 2 is 1.61 bits per heavy atom. The lowest BCUT2D eigenvalue weighted by Crippen LogP contribution is -2.26. The van der Waals surface area contributed by atoms with Crippen LogP contribution in [-0.4, -0.2) is 21.6 Å². The zero-order chi connectivity index (χ0) is 25.9. The van der Waals surface area contributed by atoms with E-state index in [0.717, 1.165) is 57.0 Å². The van der Waals surface area contributed by atoms with Gasteiger partial charge in [0.1, 0.15) is 5.82 Å². The van der Waals surface area contributed by atoms with E-state index < -0.39 is 0 Å². The number of benzene rings is 4. The van der Waals surface area contributed by atoms with E-state index in [1.807, 2.05) is 30.3 Å². The quantitative estimate of drug-likeness (QED) is 0.236. The number of aryl methyl sites for hydroxylation is 2. The topological polar surface area (TPSA) is 61.3 Å². The smallest absolute Gasteiger partial charge is 0.225 e. The van der Waals surface area contributed by atoms with Crippen molar-refractivity contribution < 1.29 is 5.11 Å². The van der Waals surface area contributed by atoms with E-state index in [-0.39, 0.29) is 6.61 Å². The number of hydrogen-bond acceptors (Lipinski definition) is 6. The third-order valence-electron chi connectivity index (χ3n) is 6.96. The number of nitrogens with zero attached hydrogens (tertiary/aromatic N) is 3. The molecule has 0 saturated carbocycles. The monoisotopic (exact) mass is 518 g/mol. The summed E-state index contributed by atoms with van der Waals surface area (Å²) in [6.07, 6.45) is 2.19. The minimum absolute atomic E-state index is 0.0243. The van der Waals surface area contributed by atoms with Crippen LogP contribution in [0.15, 0.2) is 101 Å². The van der Waals surface area contributed by atoms with E-state index in [2.05, 4.69) is 77.8 Å². The molecule has 0 spiro atoms. The fourth-order valence-electron chi connectivity index (χ4n) is 5.07. The average molecular weight is 519 g/mol. The molecule has 1 aliphatic rings. The molecular formula is C32H30N4OS. The Balaban J connectivity index is 1.32. The lowest BCUT2D eigenvalue weighted by molar-refractivity contribution is 0.279. The molecule has 0 atom stereocenters. The molecule has 0 saturated heterocycles. The van der Waals surface area contributed by atoms with Crippen LogP contribution >= 0.6 is 11.8 Å². The standard InChI is InChI=1S/C32H30N4OS/c1-22-16-17-28-23(19-22)11-8-18-36(28)31-26-12-4-5-13-27(26)34-32(35-31)33-20-24-9-2-6-14-29(24)38-30-15-7-3-10-25(30)21-37/h2-7,9-10,12-17,19,37H,8,11,18,20-21H2,1H3,(H,33,34,35). The minimum Gasteiger partial charge on any atom is -0.392 e. The fourth-order valence-corrected chi connectivity index (χ4v) is 6.13. The van der Waals surface area contributed by atoms with Gasteiger partial charge in [0.25, 0.3) is 0 Å². The van der Waals surface area contributed by atoms with Crippen molar-refractivity contribution >= 4 is 40.1 Å². The number of nitrogens with one attached hydrogen (secondary N) is 1. The predicted octanol–water partition coefficient (Wildman–Crippen LogP) is 7.28. The zero-order valence-electron chi connectivity index (χ0n) is 21.4. The van der Waals surface area contributed by atoms with Crippen molar-refractivity contribution in [3.05, 3.63) is 113 Å². The Hall–Kier alpha value is -3.87. The third-order valence-corrected chi connectivity index (χ3v) is 8.20. The molecule has 6 heteroatoms. The maximum atomic E-state index is 9.77. The lowest BCUT2D eigenvalue weighted by Gasteiger charge is -2.31. The first-order valence-corrected chi connectivity index (χ1v) is 13.8. The first-order valence-electron chi connectivity index (χ1n) is 13.0. The summed E-state index contributed by atoms with van der Waals surface area (Å²) in [6, 6.07) is 31.3. The van der Waals surface area contributed by atoms with Gasteiger partial charge in [-0.2, -0.15) is 4.98 Å². The summed E-state index contributed by atoms with van der Waals surface area (Å²) in [5, 5.41) is 14.3. The molecule has 6 rings (SSSR count). The van der Waals surface area contributed by atoms with Gasteiger partial charge in [-0.05, 0) is 66.8 Å². The van der Waals surface area contributed by atoms with Crippen molar-refractivity contribution in [1.29, 1.82) is 0 Å². The molecular weight excluding hydrogens is 488 g/mol. The highest BCUT2D eigenvalue weighted by Gasteiger charge is 2.22. The Morgan fingerprint density at radius 1 is 0.868 bits per heavy atom. The maximum Gasteiger partial charge on any atom is 0.225 e. The molecule has 1 aliphatic heterocycles. The number of aliphatic hydroxyl groups is 1. The number of fused-ring (bicyclic) bond motifs is 2. The molecule has 0 amide bonds. The fraction of sp³-hybridized carbons (Fsp3) is 0.188.